The van der Waals surface area contributed by atoms with Crippen LogP contribution in [0.4, 0.5) is 0 Å². The summed E-state index contributed by atoms with van der Waals surface area (Å²) in [6.07, 6.45) is 7.51. The average Bonchev–Trinajstić information content (AvgIpc) is 2.20. The number of carboxylic acid groups (broad SMARTS) is 1. The minimum Gasteiger partial charge on any atom is -0.481 e. The number of allylic oxidation sites excluding steroid dienone is 2. The average molecular weight is 212 g/mol. The summed E-state index contributed by atoms with van der Waals surface area (Å²) in [4.78, 5) is 10.3. The lowest BCUT2D eigenvalue weighted by atomic mass is 9.85. The van der Waals surface area contributed by atoms with E-state index in [1.54, 1.807) is 0 Å². The van der Waals surface area contributed by atoms with Crippen LogP contribution in [0.2, 0.25) is 0 Å². The summed E-state index contributed by atoms with van der Waals surface area (Å²) in [7, 11) is 0. The fourth-order valence-electron chi connectivity index (χ4n) is 1.80. The molecular formula is C12H20O3. The van der Waals surface area contributed by atoms with E-state index in [1.807, 2.05) is 0 Å². The normalized spacial score (nSPS) is 25.4. The first kappa shape index (κ1) is 12.2. The Kier molecular flexibility index (Phi) is 5.40. The van der Waals surface area contributed by atoms with Gasteiger partial charge >= 0.3 is 5.97 Å². The van der Waals surface area contributed by atoms with E-state index >= 15 is 0 Å². The van der Waals surface area contributed by atoms with Gasteiger partial charge in [-0.05, 0) is 31.1 Å². The van der Waals surface area contributed by atoms with Gasteiger partial charge in [-0.3, -0.25) is 4.79 Å². The Hall–Kier alpha value is -0.830. The fraction of sp³-hybridized carbons (Fsp3) is 0.750. The van der Waals surface area contributed by atoms with Crippen molar-refractivity contribution >= 4 is 5.97 Å². The summed E-state index contributed by atoms with van der Waals surface area (Å²) in [5, 5.41) is 8.44. The van der Waals surface area contributed by atoms with E-state index < -0.39 is 5.97 Å². The van der Waals surface area contributed by atoms with Crippen LogP contribution >= 0.6 is 0 Å². The van der Waals surface area contributed by atoms with Crippen molar-refractivity contribution in [3.8, 4) is 0 Å². The molecular weight excluding hydrogens is 192 g/mol. The number of carboxylic acids is 1. The van der Waals surface area contributed by atoms with Gasteiger partial charge in [-0.15, -0.1) is 0 Å². The van der Waals surface area contributed by atoms with E-state index in [0.29, 0.717) is 24.9 Å². The number of rotatable bonds is 6. The molecule has 86 valence electrons. The molecule has 0 fully saturated rings. The molecule has 2 unspecified atom stereocenters. The Bertz CT molecular complexity index is 223. The Morgan fingerprint density at radius 2 is 2.20 bits per heavy atom. The van der Waals surface area contributed by atoms with Crippen molar-refractivity contribution in [2.24, 2.45) is 11.8 Å². The van der Waals surface area contributed by atoms with Crippen molar-refractivity contribution in [2.45, 2.75) is 32.6 Å². The molecule has 0 spiro atoms. The highest BCUT2D eigenvalue weighted by Gasteiger charge is 2.17. The lowest BCUT2D eigenvalue weighted by Crippen LogP contribution is -2.19. The van der Waals surface area contributed by atoms with Gasteiger partial charge in [0.1, 0.15) is 0 Å². The summed E-state index contributed by atoms with van der Waals surface area (Å²) in [5.74, 6) is 0.557. The van der Waals surface area contributed by atoms with Gasteiger partial charge in [0.15, 0.2) is 0 Å². The number of carbonyl (C=O) groups is 1. The van der Waals surface area contributed by atoms with Gasteiger partial charge in [0, 0.05) is 19.6 Å². The molecule has 0 heterocycles. The van der Waals surface area contributed by atoms with Gasteiger partial charge in [0.2, 0.25) is 0 Å². The third kappa shape index (κ3) is 4.98. The molecule has 0 bridgehead atoms. The van der Waals surface area contributed by atoms with Crippen molar-refractivity contribution in [3.05, 3.63) is 12.2 Å². The Morgan fingerprint density at radius 3 is 2.87 bits per heavy atom. The lowest BCUT2D eigenvalue weighted by Gasteiger charge is -2.24. The van der Waals surface area contributed by atoms with Crippen molar-refractivity contribution in [3.63, 3.8) is 0 Å². The molecule has 0 saturated heterocycles. The van der Waals surface area contributed by atoms with Gasteiger partial charge in [-0.2, -0.15) is 0 Å². The molecule has 1 rings (SSSR count). The molecule has 3 heteroatoms. The van der Waals surface area contributed by atoms with Crippen molar-refractivity contribution < 1.29 is 14.6 Å². The zero-order valence-electron chi connectivity index (χ0n) is 9.32. The largest absolute Gasteiger partial charge is 0.481 e. The Labute approximate surface area is 91.1 Å². The topological polar surface area (TPSA) is 46.5 Å². The minimum absolute atomic E-state index is 0.208. The van der Waals surface area contributed by atoms with E-state index in [0.717, 1.165) is 19.4 Å². The highest BCUT2D eigenvalue weighted by atomic mass is 16.5. The summed E-state index contributed by atoms with van der Waals surface area (Å²) in [6, 6.07) is 0. The van der Waals surface area contributed by atoms with Gasteiger partial charge in [-0.1, -0.05) is 19.1 Å². The molecule has 0 radical (unpaired) electrons. The van der Waals surface area contributed by atoms with Crippen LogP contribution in [0.5, 0.6) is 0 Å². The second kappa shape index (κ2) is 6.62. The molecule has 0 aromatic heterocycles. The molecule has 3 nitrogen and oxygen atoms in total. The molecule has 2 atom stereocenters. The molecule has 0 aromatic rings. The molecule has 0 saturated carbocycles. The van der Waals surface area contributed by atoms with Crippen LogP contribution in [-0.4, -0.2) is 24.3 Å². The first-order valence-electron chi connectivity index (χ1n) is 5.64. The van der Waals surface area contributed by atoms with E-state index in [4.69, 9.17) is 9.84 Å². The number of hydrogen-bond acceptors (Lipinski definition) is 2. The smallest absolute Gasteiger partial charge is 0.303 e. The lowest BCUT2D eigenvalue weighted by molar-refractivity contribution is -0.137. The Balaban J connectivity index is 2.04. The molecule has 0 aromatic carbocycles. The summed E-state index contributed by atoms with van der Waals surface area (Å²) >= 11 is 0. The second-order valence-corrected chi connectivity index (χ2v) is 4.25. The summed E-state index contributed by atoms with van der Waals surface area (Å²) in [6.45, 7) is 3.58. The van der Waals surface area contributed by atoms with Crippen LogP contribution in [0.3, 0.4) is 0 Å². The SMILES string of the molecule is CC1CC=CCC1COCCCC(=O)O. The maximum absolute atomic E-state index is 10.3. The zero-order valence-corrected chi connectivity index (χ0v) is 9.32. The molecule has 0 aliphatic heterocycles. The van der Waals surface area contributed by atoms with Crippen LogP contribution in [0.1, 0.15) is 32.6 Å². The van der Waals surface area contributed by atoms with E-state index in [1.165, 1.54) is 0 Å². The number of aliphatic carboxylic acids is 1. The molecule has 1 N–H and O–H groups in total. The van der Waals surface area contributed by atoms with Gasteiger partial charge < -0.3 is 9.84 Å². The van der Waals surface area contributed by atoms with E-state index in [9.17, 15) is 4.79 Å². The number of hydrogen-bond donors (Lipinski definition) is 1. The molecule has 1 aliphatic rings. The zero-order chi connectivity index (χ0) is 11.1. The summed E-state index contributed by atoms with van der Waals surface area (Å²) < 4.78 is 5.50. The third-order valence-electron chi connectivity index (χ3n) is 2.93. The fourth-order valence-corrected chi connectivity index (χ4v) is 1.80. The first-order chi connectivity index (χ1) is 7.20. The highest BCUT2D eigenvalue weighted by Crippen LogP contribution is 2.24. The van der Waals surface area contributed by atoms with E-state index in [-0.39, 0.29) is 6.42 Å². The van der Waals surface area contributed by atoms with Crippen LogP contribution in [0.25, 0.3) is 0 Å². The first-order valence-corrected chi connectivity index (χ1v) is 5.64. The molecule has 15 heavy (non-hydrogen) atoms. The van der Waals surface area contributed by atoms with Crippen molar-refractivity contribution in [1.29, 1.82) is 0 Å². The van der Waals surface area contributed by atoms with Crippen LogP contribution < -0.4 is 0 Å². The Morgan fingerprint density at radius 1 is 1.47 bits per heavy atom. The third-order valence-corrected chi connectivity index (χ3v) is 2.93. The van der Waals surface area contributed by atoms with Gasteiger partial charge in [-0.25, -0.2) is 0 Å². The predicted octanol–water partition coefficient (Wildman–Crippen LogP) is 2.47. The number of ether oxygens (including phenoxy) is 1. The van der Waals surface area contributed by atoms with Crippen LogP contribution in [0.15, 0.2) is 12.2 Å². The monoisotopic (exact) mass is 212 g/mol. The van der Waals surface area contributed by atoms with Gasteiger partial charge in [0.25, 0.3) is 0 Å². The quantitative estimate of drug-likeness (QED) is 0.543. The van der Waals surface area contributed by atoms with Crippen molar-refractivity contribution in [2.75, 3.05) is 13.2 Å². The standard InChI is InChI=1S/C12H20O3/c1-10-5-2-3-6-11(10)9-15-8-4-7-12(13)14/h2-3,10-11H,4-9H2,1H3,(H,13,14). The minimum atomic E-state index is -0.743. The van der Waals surface area contributed by atoms with E-state index in [2.05, 4.69) is 19.1 Å². The van der Waals surface area contributed by atoms with Gasteiger partial charge in [0.05, 0.1) is 0 Å². The van der Waals surface area contributed by atoms with Crippen molar-refractivity contribution in [1.82, 2.24) is 0 Å². The maximum Gasteiger partial charge on any atom is 0.303 e. The summed E-state index contributed by atoms with van der Waals surface area (Å²) in [5.41, 5.74) is 0. The molecule has 0 amide bonds. The second-order valence-electron chi connectivity index (χ2n) is 4.25. The highest BCUT2D eigenvalue weighted by molar-refractivity contribution is 5.66. The molecule has 1 aliphatic carbocycles. The van der Waals surface area contributed by atoms with Crippen LogP contribution in [-0.2, 0) is 9.53 Å². The maximum atomic E-state index is 10.3. The van der Waals surface area contributed by atoms with Crippen LogP contribution in [0, 0.1) is 11.8 Å². The predicted molar refractivity (Wildman–Crippen MR) is 58.7 cm³/mol.